The first kappa shape index (κ1) is 14.0. The Balaban J connectivity index is 1.73. The Bertz CT molecular complexity index is 348. The van der Waals surface area contributed by atoms with E-state index in [1.165, 1.54) is 41.9 Å². The van der Waals surface area contributed by atoms with Gasteiger partial charge in [-0.25, -0.2) is 0 Å². The van der Waals surface area contributed by atoms with E-state index in [2.05, 4.69) is 24.4 Å². The third kappa shape index (κ3) is 4.08. The third-order valence-electron chi connectivity index (χ3n) is 3.99. The summed E-state index contributed by atoms with van der Waals surface area (Å²) in [7, 11) is 0. The summed E-state index contributed by atoms with van der Waals surface area (Å²) in [5.74, 6) is 0.679. The van der Waals surface area contributed by atoms with Crippen LogP contribution < -0.4 is 11.1 Å². The molecule has 1 aromatic rings. The molecule has 18 heavy (non-hydrogen) atoms. The fourth-order valence-electron chi connectivity index (χ4n) is 2.75. The topological polar surface area (TPSA) is 38.0 Å². The molecular formula is C15H26N2S. The van der Waals surface area contributed by atoms with Crippen molar-refractivity contribution in [2.75, 3.05) is 6.54 Å². The van der Waals surface area contributed by atoms with Crippen LogP contribution in [0.1, 0.15) is 48.8 Å². The van der Waals surface area contributed by atoms with Gasteiger partial charge in [0.05, 0.1) is 0 Å². The van der Waals surface area contributed by atoms with Gasteiger partial charge in [0.15, 0.2) is 0 Å². The van der Waals surface area contributed by atoms with E-state index in [4.69, 9.17) is 5.73 Å². The van der Waals surface area contributed by atoms with Crippen LogP contribution in [-0.2, 0) is 13.0 Å². The molecular weight excluding hydrogens is 240 g/mol. The van der Waals surface area contributed by atoms with Crippen LogP contribution in [0.5, 0.6) is 0 Å². The van der Waals surface area contributed by atoms with Gasteiger partial charge in [-0.05, 0) is 43.9 Å². The second-order valence-electron chi connectivity index (χ2n) is 5.41. The second-order valence-corrected chi connectivity index (χ2v) is 6.67. The van der Waals surface area contributed by atoms with E-state index in [9.17, 15) is 0 Å². The van der Waals surface area contributed by atoms with Crippen molar-refractivity contribution < 1.29 is 0 Å². The van der Waals surface area contributed by atoms with Crippen LogP contribution in [0, 0.1) is 5.92 Å². The number of nitrogens with one attached hydrogen (secondary N) is 1. The van der Waals surface area contributed by atoms with Gasteiger partial charge in [-0.1, -0.05) is 26.2 Å². The number of rotatable bonds is 5. The lowest BCUT2D eigenvalue weighted by atomic mass is 9.95. The van der Waals surface area contributed by atoms with Gasteiger partial charge >= 0.3 is 0 Å². The summed E-state index contributed by atoms with van der Waals surface area (Å²) in [5.41, 5.74) is 6.25. The average Bonchev–Trinajstić information content (AvgIpc) is 2.74. The minimum atomic E-state index is 0.412. The first-order valence-electron chi connectivity index (χ1n) is 7.33. The molecule has 0 saturated heterocycles. The van der Waals surface area contributed by atoms with Gasteiger partial charge in [0.2, 0.25) is 0 Å². The van der Waals surface area contributed by atoms with Crippen LogP contribution in [0.3, 0.4) is 0 Å². The van der Waals surface area contributed by atoms with Crippen LogP contribution in [0.4, 0.5) is 0 Å². The van der Waals surface area contributed by atoms with Crippen molar-refractivity contribution in [3.63, 3.8) is 0 Å². The van der Waals surface area contributed by atoms with Gasteiger partial charge < -0.3 is 11.1 Å². The summed E-state index contributed by atoms with van der Waals surface area (Å²) in [4.78, 5) is 2.94. The molecule has 102 valence electrons. The lowest BCUT2D eigenvalue weighted by Crippen LogP contribution is -2.36. The highest BCUT2D eigenvalue weighted by Crippen LogP contribution is 2.22. The fourth-order valence-corrected chi connectivity index (χ4v) is 3.68. The van der Waals surface area contributed by atoms with Crippen LogP contribution in [-0.4, -0.2) is 12.6 Å². The van der Waals surface area contributed by atoms with Crippen LogP contribution in [0.15, 0.2) is 12.1 Å². The molecule has 1 saturated carbocycles. The molecule has 0 spiro atoms. The van der Waals surface area contributed by atoms with Gasteiger partial charge in [0.1, 0.15) is 0 Å². The SMILES string of the molecule is CCc1ccc(CNCC2CCCCCC2N)s1. The van der Waals surface area contributed by atoms with Crippen molar-refractivity contribution in [3.05, 3.63) is 21.9 Å². The van der Waals surface area contributed by atoms with E-state index in [0.717, 1.165) is 19.5 Å². The zero-order chi connectivity index (χ0) is 12.8. The number of hydrogen-bond donors (Lipinski definition) is 2. The molecule has 0 bridgehead atoms. The smallest absolute Gasteiger partial charge is 0.0299 e. The normalized spacial score (nSPS) is 25.0. The summed E-state index contributed by atoms with van der Waals surface area (Å²) in [6.07, 6.45) is 7.72. The van der Waals surface area contributed by atoms with E-state index < -0.39 is 0 Å². The fraction of sp³-hybridized carbons (Fsp3) is 0.733. The highest BCUT2D eigenvalue weighted by Gasteiger charge is 2.19. The second kappa shape index (κ2) is 7.27. The maximum atomic E-state index is 6.25. The van der Waals surface area contributed by atoms with E-state index in [-0.39, 0.29) is 0 Å². The van der Waals surface area contributed by atoms with Gasteiger partial charge in [0.25, 0.3) is 0 Å². The first-order valence-corrected chi connectivity index (χ1v) is 8.15. The van der Waals surface area contributed by atoms with Crippen LogP contribution in [0.25, 0.3) is 0 Å². The standard InChI is InChI=1S/C15H26N2S/c1-2-13-8-9-14(18-13)11-17-10-12-6-4-3-5-7-15(12)16/h8-9,12,15,17H,2-7,10-11,16H2,1H3. The average molecular weight is 266 g/mol. The summed E-state index contributed by atoms with van der Waals surface area (Å²) in [5, 5.41) is 3.60. The molecule has 1 aliphatic rings. The molecule has 3 N–H and O–H groups in total. The van der Waals surface area contributed by atoms with E-state index in [1.807, 2.05) is 11.3 Å². The van der Waals surface area contributed by atoms with Crippen molar-refractivity contribution in [2.24, 2.45) is 11.7 Å². The van der Waals surface area contributed by atoms with Gasteiger partial charge in [-0.15, -0.1) is 11.3 Å². The Labute approximate surface area is 115 Å². The monoisotopic (exact) mass is 266 g/mol. The summed E-state index contributed by atoms with van der Waals surface area (Å²) >= 11 is 1.93. The number of hydrogen-bond acceptors (Lipinski definition) is 3. The summed E-state index contributed by atoms with van der Waals surface area (Å²) in [6.45, 7) is 4.31. The molecule has 1 aliphatic carbocycles. The van der Waals surface area contributed by atoms with Crippen LogP contribution in [0.2, 0.25) is 0 Å². The third-order valence-corrected chi connectivity index (χ3v) is 5.22. The lowest BCUT2D eigenvalue weighted by molar-refractivity contribution is 0.375. The predicted molar refractivity (Wildman–Crippen MR) is 80.0 cm³/mol. The first-order chi connectivity index (χ1) is 8.79. The Morgan fingerprint density at radius 3 is 2.78 bits per heavy atom. The molecule has 3 heteroatoms. The van der Waals surface area contributed by atoms with Gasteiger partial charge in [0, 0.05) is 22.3 Å². The minimum absolute atomic E-state index is 0.412. The van der Waals surface area contributed by atoms with Crippen LogP contribution >= 0.6 is 11.3 Å². The lowest BCUT2D eigenvalue weighted by Gasteiger charge is -2.21. The van der Waals surface area contributed by atoms with Crippen molar-refractivity contribution >= 4 is 11.3 Å². The van der Waals surface area contributed by atoms with E-state index >= 15 is 0 Å². The molecule has 0 amide bonds. The Morgan fingerprint density at radius 2 is 2.00 bits per heavy atom. The highest BCUT2D eigenvalue weighted by atomic mass is 32.1. The van der Waals surface area contributed by atoms with Crippen molar-refractivity contribution in [1.29, 1.82) is 0 Å². The van der Waals surface area contributed by atoms with Gasteiger partial charge in [-0.2, -0.15) is 0 Å². The molecule has 2 nitrogen and oxygen atoms in total. The summed E-state index contributed by atoms with van der Waals surface area (Å²) < 4.78 is 0. The molecule has 1 aromatic heterocycles. The van der Waals surface area contributed by atoms with Crippen molar-refractivity contribution in [3.8, 4) is 0 Å². The Hall–Kier alpha value is -0.380. The molecule has 1 fully saturated rings. The maximum absolute atomic E-state index is 6.25. The largest absolute Gasteiger partial charge is 0.327 e. The van der Waals surface area contributed by atoms with Gasteiger partial charge in [-0.3, -0.25) is 0 Å². The Morgan fingerprint density at radius 1 is 1.22 bits per heavy atom. The molecule has 2 rings (SSSR count). The minimum Gasteiger partial charge on any atom is -0.327 e. The number of thiophene rings is 1. The van der Waals surface area contributed by atoms with Crippen molar-refractivity contribution in [2.45, 2.75) is 58.0 Å². The molecule has 0 radical (unpaired) electrons. The molecule has 2 atom stereocenters. The highest BCUT2D eigenvalue weighted by molar-refractivity contribution is 7.11. The van der Waals surface area contributed by atoms with E-state index in [1.54, 1.807) is 0 Å². The molecule has 0 aliphatic heterocycles. The predicted octanol–water partition coefficient (Wildman–Crippen LogP) is 3.31. The van der Waals surface area contributed by atoms with Crippen molar-refractivity contribution in [1.82, 2.24) is 5.32 Å². The molecule has 2 unspecified atom stereocenters. The zero-order valence-electron chi connectivity index (χ0n) is 11.5. The molecule has 1 heterocycles. The summed E-state index contributed by atoms with van der Waals surface area (Å²) in [6, 6.07) is 4.91. The maximum Gasteiger partial charge on any atom is 0.0299 e. The quantitative estimate of drug-likeness (QED) is 0.802. The number of nitrogens with two attached hydrogens (primary N) is 1. The van der Waals surface area contributed by atoms with E-state index in [0.29, 0.717) is 12.0 Å². The molecule has 0 aromatic carbocycles. The Kier molecular flexibility index (Phi) is 5.67. The number of aryl methyl sites for hydroxylation is 1. The zero-order valence-corrected chi connectivity index (χ0v) is 12.3.